The summed E-state index contributed by atoms with van der Waals surface area (Å²) in [5.74, 6) is -0.0868. The van der Waals surface area contributed by atoms with Gasteiger partial charge in [0.05, 0.1) is 17.1 Å². The van der Waals surface area contributed by atoms with Crippen molar-refractivity contribution in [1.82, 2.24) is 0 Å². The van der Waals surface area contributed by atoms with Crippen molar-refractivity contribution in [3.8, 4) is 0 Å². The molecule has 0 unspecified atom stereocenters. The molecule has 1 aliphatic heterocycles. The molecular formula is C9H7ClFNO. The highest BCUT2D eigenvalue weighted by molar-refractivity contribution is 6.33. The van der Waals surface area contributed by atoms with Crippen molar-refractivity contribution < 1.29 is 9.13 Å². The van der Waals surface area contributed by atoms with E-state index in [1.807, 2.05) is 0 Å². The third kappa shape index (κ3) is 1.52. The number of ether oxygens (including phenoxy) is 1. The summed E-state index contributed by atoms with van der Waals surface area (Å²) in [6.45, 7) is 1.07. The Morgan fingerprint density at radius 1 is 1.46 bits per heavy atom. The molecule has 0 amide bonds. The van der Waals surface area contributed by atoms with Crippen molar-refractivity contribution in [3.63, 3.8) is 0 Å². The average Bonchev–Trinajstić information content (AvgIpc) is 2.57. The molecule has 0 spiro atoms. The fourth-order valence-corrected chi connectivity index (χ4v) is 1.43. The van der Waals surface area contributed by atoms with Crippen LogP contribution in [0.4, 0.5) is 4.39 Å². The third-order valence-corrected chi connectivity index (χ3v) is 2.08. The van der Waals surface area contributed by atoms with Gasteiger partial charge in [-0.2, -0.15) is 0 Å². The third-order valence-electron chi connectivity index (χ3n) is 1.76. The van der Waals surface area contributed by atoms with Gasteiger partial charge in [-0.05, 0) is 12.1 Å². The Balaban J connectivity index is 2.49. The van der Waals surface area contributed by atoms with Crippen LogP contribution in [0.15, 0.2) is 23.2 Å². The van der Waals surface area contributed by atoms with Crippen molar-refractivity contribution in [1.29, 1.82) is 0 Å². The molecule has 1 aliphatic rings. The highest BCUT2D eigenvalue weighted by Gasteiger charge is 2.17. The van der Waals surface area contributed by atoms with E-state index < -0.39 is 5.82 Å². The summed E-state index contributed by atoms with van der Waals surface area (Å²) in [6, 6.07) is 4.51. The second-order valence-electron chi connectivity index (χ2n) is 2.63. The summed E-state index contributed by atoms with van der Waals surface area (Å²) in [4.78, 5) is 4.00. The van der Waals surface area contributed by atoms with Crippen molar-refractivity contribution >= 4 is 17.5 Å². The number of rotatable bonds is 1. The lowest BCUT2D eigenvalue weighted by Gasteiger charge is -2.04. The summed E-state index contributed by atoms with van der Waals surface area (Å²) in [7, 11) is 0. The Hall–Kier alpha value is -1.09. The standard InChI is InChI=1S/C9H7ClFNO/c10-6-2-1-3-7(11)8(6)9-12-4-5-13-9/h1-3H,4-5H2. The van der Waals surface area contributed by atoms with E-state index in [1.165, 1.54) is 6.07 Å². The molecule has 2 rings (SSSR count). The molecule has 0 radical (unpaired) electrons. The average molecular weight is 200 g/mol. The SMILES string of the molecule is Fc1cccc(Cl)c1C1=NCCO1. The van der Waals surface area contributed by atoms with Gasteiger partial charge in [-0.3, -0.25) is 0 Å². The Morgan fingerprint density at radius 2 is 2.31 bits per heavy atom. The second kappa shape index (κ2) is 3.34. The minimum Gasteiger partial charge on any atom is -0.475 e. The van der Waals surface area contributed by atoms with Gasteiger partial charge in [-0.25, -0.2) is 9.38 Å². The number of hydrogen-bond donors (Lipinski definition) is 0. The molecule has 0 bridgehead atoms. The highest BCUT2D eigenvalue weighted by atomic mass is 35.5. The molecule has 4 heteroatoms. The van der Waals surface area contributed by atoms with E-state index in [1.54, 1.807) is 12.1 Å². The number of halogens is 2. The van der Waals surface area contributed by atoms with Gasteiger partial charge in [0, 0.05) is 0 Å². The van der Waals surface area contributed by atoms with Crippen LogP contribution in [0.3, 0.4) is 0 Å². The molecule has 1 aromatic carbocycles. The number of nitrogens with zero attached hydrogens (tertiary/aromatic N) is 1. The largest absolute Gasteiger partial charge is 0.475 e. The van der Waals surface area contributed by atoms with Crippen molar-refractivity contribution in [2.75, 3.05) is 13.2 Å². The lowest BCUT2D eigenvalue weighted by atomic mass is 10.2. The summed E-state index contributed by atoms with van der Waals surface area (Å²) in [5, 5.41) is 0.334. The maximum atomic E-state index is 13.3. The minimum atomic E-state index is -0.395. The molecule has 0 aromatic heterocycles. The zero-order valence-electron chi connectivity index (χ0n) is 6.76. The molecule has 0 aliphatic carbocycles. The molecule has 13 heavy (non-hydrogen) atoms. The first-order chi connectivity index (χ1) is 6.29. The predicted molar refractivity (Wildman–Crippen MR) is 48.8 cm³/mol. The van der Waals surface area contributed by atoms with Crippen LogP contribution >= 0.6 is 11.6 Å². The van der Waals surface area contributed by atoms with Gasteiger partial charge < -0.3 is 4.74 Å². The van der Waals surface area contributed by atoms with E-state index in [-0.39, 0.29) is 5.56 Å². The molecule has 0 saturated heterocycles. The van der Waals surface area contributed by atoms with E-state index >= 15 is 0 Å². The smallest absolute Gasteiger partial charge is 0.220 e. The Bertz CT molecular complexity index is 344. The molecule has 1 heterocycles. The van der Waals surface area contributed by atoms with Crippen molar-refractivity contribution in [2.24, 2.45) is 4.99 Å². The van der Waals surface area contributed by atoms with E-state index in [0.29, 0.717) is 24.1 Å². The number of hydrogen-bond acceptors (Lipinski definition) is 2. The second-order valence-corrected chi connectivity index (χ2v) is 3.04. The van der Waals surface area contributed by atoms with Crippen LogP contribution in [0.1, 0.15) is 5.56 Å². The van der Waals surface area contributed by atoms with E-state index in [9.17, 15) is 4.39 Å². The first-order valence-corrected chi connectivity index (χ1v) is 4.28. The fourth-order valence-electron chi connectivity index (χ4n) is 1.19. The van der Waals surface area contributed by atoms with E-state index in [0.717, 1.165) is 0 Å². The zero-order chi connectivity index (χ0) is 9.26. The van der Waals surface area contributed by atoms with Crippen molar-refractivity contribution in [3.05, 3.63) is 34.6 Å². The van der Waals surface area contributed by atoms with Crippen molar-refractivity contribution in [2.45, 2.75) is 0 Å². The molecule has 0 fully saturated rings. The summed E-state index contributed by atoms with van der Waals surface area (Å²) in [5.41, 5.74) is 0.265. The molecular weight excluding hydrogens is 193 g/mol. The van der Waals surface area contributed by atoms with Gasteiger partial charge in [0.1, 0.15) is 12.4 Å². The van der Waals surface area contributed by atoms with Crippen LogP contribution < -0.4 is 0 Å². The van der Waals surface area contributed by atoms with Crippen LogP contribution in [0.25, 0.3) is 0 Å². The van der Waals surface area contributed by atoms with Gasteiger partial charge in [0.2, 0.25) is 5.90 Å². The quantitative estimate of drug-likeness (QED) is 0.680. The molecule has 0 atom stereocenters. The molecule has 68 valence electrons. The van der Waals surface area contributed by atoms with Crippen LogP contribution in [-0.4, -0.2) is 19.0 Å². The molecule has 0 N–H and O–H groups in total. The van der Waals surface area contributed by atoms with Crippen LogP contribution in [0.5, 0.6) is 0 Å². The van der Waals surface area contributed by atoms with Gasteiger partial charge in [0.25, 0.3) is 0 Å². The van der Waals surface area contributed by atoms with Crippen LogP contribution in [0.2, 0.25) is 5.02 Å². The van der Waals surface area contributed by atoms with Gasteiger partial charge in [0.15, 0.2) is 0 Å². The van der Waals surface area contributed by atoms with Gasteiger partial charge >= 0.3 is 0 Å². The molecule has 1 aromatic rings. The summed E-state index contributed by atoms with van der Waals surface area (Å²) >= 11 is 5.81. The predicted octanol–water partition coefficient (Wildman–Crippen LogP) is 2.26. The lowest BCUT2D eigenvalue weighted by Crippen LogP contribution is -2.04. The Labute approximate surface area is 80.0 Å². The maximum absolute atomic E-state index is 13.3. The summed E-state index contributed by atoms with van der Waals surface area (Å²) < 4.78 is 18.4. The Morgan fingerprint density at radius 3 is 2.92 bits per heavy atom. The monoisotopic (exact) mass is 199 g/mol. The molecule has 2 nitrogen and oxygen atoms in total. The number of benzene rings is 1. The molecule has 0 saturated carbocycles. The van der Waals surface area contributed by atoms with Crippen LogP contribution in [-0.2, 0) is 4.74 Å². The zero-order valence-corrected chi connectivity index (χ0v) is 7.51. The minimum absolute atomic E-state index is 0.265. The van der Waals surface area contributed by atoms with Crippen LogP contribution in [0, 0.1) is 5.82 Å². The summed E-state index contributed by atoms with van der Waals surface area (Å²) in [6.07, 6.45) is 0. The first-order valence-electron chi connectivity index (χ1n) is 3.90. The van der Waals surface area contributed by atoms with E-state index in [4.69, 9.17) is 16.3 Å². The topological polar surface area (TPSA) is 21.6 Å². The normalized spacial score (nSPS) is 15.4. The maximum Gasteiger partial charge on any atom is 0.220 e. The lowest BCUT2D eigenvalue weighted by molar-refractivity contribution is 0.347. The highest BCUT2D eigenvalue weighted by Crippen LogP contribution is 2.21. The van der Waals surface area contributed by atoms with Gasteiger partial charge in [-0.1, -0.05) is 17.7 Å². The fraction of sp³-hybridized carbons (Fsp3) is 0.222. The Kier molecular flexibility index (Phi) is 2.19. The van der Waals surface area contributed by atoms with Gasteiger partial charge in [-0.15, -0.1) is 0 Å². The number of aliphatic imine (C=N–C) groups is 1. The van der Waals surface area contributed by atoms with E-state index in [2.05, 4.69) is 4.99 Å². The first kappa shape index (κ1) is 8.51.